The standard InChI is InChI=1S/C15H24BrN/c1-5-17-15(12(4)11(2)3)10-13-7-6-8-14(16)9-13/h6-9,11-12,15,17H,5,10H2,1-4H3. The molecule has 2 heteroatoms. The molecule has 0 heterocycles. The maximum Gasteiger partial charge on any atom is 0.0178 e. The first kappa shape index (κ1) is 14.7. The second-order valence-corrected chi connectivity index (χ2v) is 6.02. The van der Waals surface area contributed by atoms with Gasteiger partial charge in [0.05, 0.1) is 0 Å². The van der Waals surface area contributed by atoms with Gasteiger partial charge in [0.2, 0.25) is 0 Å². The van der Waals surface area contributed by atoms with Crippen LogP contribution in [0.1, 0.15) is 33.3 Å². The molecule has 1 aromatic carbocycles. The zero-order valence-electron chi connectivity index (χ0n) is 11.3. The van der Waals surface area contributed by atoms with Gasteiger partial charge in [0.15, 0.2) is 0 Å². The molecular formula is C15H24BrN. The van der Waals surface area contributed by atoms with Gasteiger partial charge in [0.25, 0.3) is 0 Å². The molecule has 0 radical (unpaired) electrons. The Kier molecular flexibility index (Phi) is 6.21. The molecule has 0 aliphatic heterocycles. The van der Waals surface area contributed by atoms with Crippen LogP contribution in [0, 0.1) is 11.8 Å². The summed E-state index contributed by atoms with van der Waals surface area (Å²) in [5.41, 5.74) is 1.40. The van der Waals surface area contributed by atoms with Gasteiger partial charge in [-0.1, -0.05) is 55.8 Å². The van der Waals surface area contributed by atoms with E-state index in [2.05, 4.69) is 73.2 Å². The van der Waals surface area contributed by atoms with Crippen LogP contribution in [-0.4, -0.2) is 12.6 Å². The summed E-state index contributed by atoms with van der Waals surface area (Å²) in [5, 5.41) is 3.62. The van der Waals surface area contributed by atoms with E-state index in [1.165, 1.54) is 10.0 Å². The molecule has 0 amide bonds. The van der Waals surface area contributed by atoms with Crippen molar-refractivity contribution in [3.8, 4) is 0 Å². The molecule has 1 N–H and O–H groups in total. The van der Waals surface area contributed by atoms with Crippen molar-refractivity contribution in [2.24, 2.45) is 11.8 Å². The number of hydrogen-bond acceptors (Lipinski definition) is 1. The highest BCUT2D eigenvalue weighted by Gasteiger charge is 2.19. The van der Waals surface area contributed by atoms with Gasteiger partial charge < -0.3 is 5.32 Å². The quantitative estimate of drug-likeness (QED) is 0.827. The van der Waals surface area contributed by atoms with Crippen LogP contribution in [0.3, 0.4) is 0 Å². The number of likely N-dealkylation sites (N-methyl/N-ethyl adjacent to an activating group) is 1. The molecule has 1 rings (SSSR count). The molecule has 0 aliphatic carbocycles. The minimum Gasteiger partial charge on any atom is -0.314 e. The van der Waals surface area contributed by atoms with Crippen LogP contribution >= 0.6 is 15.9 Å². The summed E-state index contributed by atoms with van der Waals surface area (Å²) >= 11 is 3.54. The van der Waals surface area contributed by atoms with Crippen molar-refractivity contribution < 1.29 is 0 Å². The maximum absolute atomic E-state index is 3.62. The van der Waals surface area contributed by atoms with E-state index in [0.717, 1.165) is 13.0 Å². The third-order valence-corrected chi connectivity index (χ3v) is 3.99. The molecule has 2 atom stereocenters. The van der Waals surface area contributed by atoms with Crippen LogP contribution in [0.2, 0.25) is 0 Å². The van der Waals surface area contributed by atoms with E-state index in [4.69, 9.17) is 0 Å². The first-order valence-corrected chi connectivity index (χ1v) is 7.31. The molecule has 96 valence electrons. The van der Waals surface area contributed by atoms with Crippen LogP contribution in [0.4, 0.5) is 0 Å². The summed E-state index contributed by atoms with van der Waals surface area (Å²) in [7, 11) is 0. The van der Waals surface area contributed by atoms with Gasteiger partial charge in [-0.15, -0.1) is 0 Å². The topological polar surface area (TPSA) is 12.0 Å². The lowest BCUT2D eigenvalue weighted by molar-refractivity contribution is 0.300. The van der Waals surface area contributed by atoms with Crippen molar-refractivity contribution in [2.75, 3.05) is 6.54 Å². The molecule has 1 nitrogen and oxygen atoms in total. The van der Waals surface area contributed by atoms with Crippen molar-refractivity contribution in [3.05, 3.63) is 34.3 Å². The third-order valence-electron chi connectivity index (χ3n) is 3.50. The van der Waals surface area contributed by atoms with E-state index in [1.54, 1.807) is 0 Å². The Morgan fingerprint density at radius 2 is 1.94 bits per heavy atom. The van der Waals surface area contributed by atoms with E-state index in [9.17, 15) is 0 Å². The number of benzene rings is 1. The highest BCUT2D eigenvalue weighted by atomic mass is 79.9. The van der Waals surface area contributed by atoms with E-state index >= 15 is 0 Å². The van der Waals surface area contributed by atoms with Crippen molar-refractivity contribution in [3.63, 3.8) is 0 Å². The summed E-state index contributed by atoms with van der Waals surface area (Å²) in [5.74, 6) is 1.40. The number of rotatable bonds is 6. The first-order valence-electron chi connectivity index (χ1n) is 6.52. The van der Waals surface area contributed by atoms with Gasteiger partial charge in [-0.3, -0.25) is 0 Å². The fourth-order valence-corrected chi connectivity index (χ4v) is 2.54. The Bertz CT molecular complexity index is 335. The average Bonchev–Trinajstić information content (AvgIpc) is 2.27. The molecule has 1 aromatic rings. The Morgan fingerprint density at radius 1 is 1.24 bits per heavy atom. The Labute approximate surface area is 114 Å². The minimum atomic E-state index is 0.564. The van der Waals surface area contributed by atoms with Gasteiger partial charge >= 0.3 is 0 Å². The number of hydrogen-bond donors (Lipinski definition) is 1. The van der Waals surface area contributed by atoms with E-state index < -0.39 is 0 Å². The zero-order chi connectivity index (χ0) is 12.8. The second-order valence-electron chi connectivity index (χ2n) is 5.10. The highest BCUT2D eigenvalue weighted by Crippen LogP contribution is 2.20. The highest BCUT2D eigenvalue weighted by molar-refractivity contribution is 9.10. The molecule has 0 aliphatic rings. The minimum absolute atomic E-state index is 0.564. The molecule has 17 heavy (non-hydrogen) atoms. The molecule has 0 saturated carbocycles. The van der Waals surface area contributed by atoms with Crippen LogP contribution in [-0.2, 0) is 6.42 Å². The predicted molar refractivity (Wildman–Crippen MR) is 79.3 cm³/mol. The second kappa shape index (κ2) is 7.17. The lowest BCUT2D eigenvalue weighted by Gasteiger charge is -2.28. The molecule has 0 bridgehead atoms. The van der Waals surface area contributed by atoms with Crippen molar-refractivity contribution in [2.45, 2.75) is 40.2 Å². The fraction of sp³-hybridized carbons (Fsp3) is 0.600. The summed E-state index contributed by atoms with van der Waals surface area (Å²) in [6.45, 7) is 10.2. The number of halogens is 1. The van der Waals surface area contributed by atoms with Crippen LogP contribution < -0.4 is 5.32 Å². The van der Waals surface area contributed by atoms with Crippen molar-refractivity contribution in [1.29, 1.82) is 0 Å². The summed E-state index contributed by atoms with van der Waals surface area (Å²) in [6, 6.07) is 9.19. The summed E-state index contributed by atoms with van der Waals surface area (Å²) in [4.78, 5) is 0. The lowest BCUT2D eigenvalue weighted by atomic mass is 9.86. The van der Waals surface area contributed by atoms with Crippen molar-refractivity contribution >= 4 is 15.9 Å². The Morgan fingerprint density at radius 3 is 2.47 bits per heavy atom. The van der Waals surface area contributed by atoms with Crippen molar-refractivity contribution in [1.82, 2.24) is 5.32 Å². The molecule has 0 spiro atoms. The molecule has 0 fully saturated rings. The van der Waals surface area contributed by atoms with E-state index in [1.807, 2.05) is 0 Å². The first-order chi connectivity index (χ1) is 8.04. The predicted octanol–water partition coefficient (Wildman–Crippen LogP) is 4.26. The van der Waals surface area contributed by atoms with Gasteiger partial charge in [-0.25, -0.2) is 0 Å². The van der Waals surface area contributed by atoms with E-state index in [0.29, 0.717) is 17.9 Å². The van der Waals surface area contributed by atoms with Gasteiger partial charge in [0.1, 0.15) is 0 Å². The smallest absolute Gasteiger partial charge is 0.0178 e. The maximum atomic E-state index is 3.62. The Balaban J connectivity index is 2.72. The molecule has 0 saturated heterocycles. The number of nitrogens with one attached hydrogen (secondary N) is 1. The van der Waals surface area contributed by atoms with E-state index in [-0.39, 0.29) is 0 Å². The lowest BCUT2D eigenvalue weighted by Crippen LogP contribution is -2.38. The average molecular weight is 298 g/mol. The molecule has 0 aromatic heterocycles. The normalized spacial score (nSPS) is 14.9. The van der Waals surface area contributed by atoms with Gasteiger partial charge in [0, 0.05) is 10.5 Å². The van der Waals surface area contributed by atoms with Crippen LogP contribution in [0.5, 0.6) is 0 Å². The fourth-order valence-electron chi connectivity index (χ4n) is 2.09. The summed E-state index contributed by atoms with van der Waals surface area (Å²) in [6.07, 6.45) is 1.10. The largest absolute Gasteiger partial charge is 0.314 e. The zero-order valence-corrected chi connectivity index (χ0v) is 12.9. The summed E-state index contributed by atoms with van der Waals surface area (Å²) < 4.78 is 1.17. The Hall–Kier alpha value is -0.340. The molecule has 2 unspecified atom stereocenters. The third kappa shape index (κ3) is 4.81. The van der Waals surface area contributed by atoms with Gasteiger partial charge in [-0.05, 0) is 42.5 Å². The van der Waals surface area contributed by atoms with Crippen LogP contribution in [0.15, 0.2) is 28.7 Å². The van der Waals surface area contributed by atoms with Gasteiger partial charge in [-0.2, -0.15) is 0 Å². The SMILES string of the molecule is CCNC(Cc1cccc(Br)c1)C(C)C(C)C. The molecular weight excluding hydrogens is 274 g/mol. The monoisotopic (exact) mass is 297 g/mol. The van der Waals surface area contributed by atoms with Crippen LogP contribution in [0.25, 0.3) is 0 Å².